The number of fused-ring (bicyclic) bond motifs is 2. The maximum Gasteiger partial charge on any atom is 0.650 e. The van der Waals surface area contributed by atoms with E-state index in [1.54, 1.807) is 0 Å². The number of para-hydroxylation sites is 4. The average molecular weight is 317 g/mol. The highest BCUT2D eigenvalue weighted by Gasteiger charge is 2.41. The van der Waals surface area contributed by atoms with Crippen LogP contribution in [-0.4, -0.2) is 18.8 Å². The van der Waals surface area contributed by atoms with E-state index in [1.165, 1.54) is 0 Å². The molecule has 3 aromatic rings. The lowest BCUT2D eigenvalue weighted by Crippen LogP contribution is -2.50. The first-order chi connectivity index (χ1) is 11.8. The Morgan fingerprint density at radius 3 is 1.25 bits per heavy atom. The molecule has 0 unspecified atom stereocenters. The Bertz CT molecular complexity index is 803. The predicted molar refractivity (Wildman–Crippen MR) is 91.6 cm³/mol. The van der Waals surface area contributed by atoms with E-state index in [-0.39, 0.29) is 0 Å². The van der Waals surface area contributed by atoms with Gasteiger partial charge in [-0.1, -0.05) is 24.3 Å². The molecule has 0 saturated carbocycles. The largest absolute Gasteiger partial charge is 0.650 e. The molecule has 5 nitrogen and oxygen atoms in total. The van der Waals surface area contributed by atoms with Gasteiger partial charge in [0, 0.05) is 7.05 Å². The Kier molecular flexibility index (Phi) is 2.82. The summed E-state index contributed by atoms with van der Waals surface area (Å²) in [5, 5.41) is 0. The Labute approximate surface area is 140 Å². The van der Waals surface area contributed by atoms with Crippen LogP contribution < -0.4 is 29.8 Å². The summed E-state index contributed by atoms with van der Waals surface area (Å²) in [6.07, 6.45) is 0. The summed E-state index contributed by atoms with van der Waals surface area (Å²) in [5.41, 5.74) is 1.81. The first kappa shape index (κ1) is 13.5. The van der Waals surface area contributed by atoms with E-state index in [0.717, 1.165) is 34.2 Å². The van der Waals surface area contributed by atoms with E-state index in [0.29, 0.717) is 0 Å². The molecule has 0 fully saturated rings. The van der Waals surface area contributed by atoms with Crippen molar-refractivity contribution in [1.82, 2.24) is 4.57 Å². The smallest absolute Gasteiger partial charge is 0.518 e. The number of hydrogen-bond donors (Lipinski definition) is 0. The van der Waals surface area contributed by atoms with Gasteiger partial charge in [0.05, 0.1) is 11.2 Å². The zero-order valence-corrected chi connectivity index (χ0v) is 13.0. The van der Waals surface area contributed by atoms with Gasteiger partial charge in [-0.2, -0.15) is 0 Å². The van der Waals surface area contributed by atoms with Crippen molar-refractivity contribution in [3.05, 3.63) is 60.7 Å². The number of hydrogen-bond acceptors (Lipinski definition) is 4. The van der Waals surface area contributed by atoms with Gasteiger partial charge >= 0.3 is 14.2 Å². The number of nitrogens with zero attached hydrogens (tertiary/aromatic N) is 1. The van der Waals surface area contributed by atoms with Crippen LogP contribution in [0.3, 0.4) is 0 Å². The Morgan fingerprint density at radius 2 is 0.917 bits per heavy atom. The molecule has 0 amide bonds. The summed E-state index contributed by atoms with van der Waals surface area (Å²) >= 11 is 0. The fourth-order valence-corrected chi connectivity index (χ4v) is 3.06. The van der Waals surface area contributed by atoms with Gasteiger partial charge in [-0.05, 0) is 36.4 Å². The van der Waals surface area contributed by atoms with Crippen LogP contribution in [0.25, 0.3) is 0 Å². The zero-order chi connectivity index (χ0) is 16.1. The minimum absolute atomic E-state index is 0.468. The van der Waals surface area contributed by atoms with Gasteiger partial charge in [0.25, 0.3) is 0 Å². The van der Waals surface area contributed by atoms with Crippen molar-refractivity contribution >= 4 is 25.4 Å². The normalized spacial score (nSPS) is 14.4. The van der Waals surface area contributed by atoms with Crippen LogP contribution in [-0.2, 0) is 7.05 Å². The lowest BCUT2D eigenvalue weighted by molar-refractivity contribution is 0.510. The van der Waals surface area contributed by atoms with E-state index in [2.05, 4.69) is 0 Å². The first-order valence-corrected chi connectivity index (χ1v) is 7.80. The quantitative estimate of drug-likeness (QED) is 0.670. The second-order valence-electron chi connectivity index (χ2n) is 5.77. The minimum atomic E-state index is -0.468. The molecule has 0 N–H and O–H groups in total. The molecule has 0 atom stereocenters. The second-order valence-corrected chi connectivity index (χ2v) is 5.77. The SMILES string of the molecule is Cn1c(B2Oc3ccccc3O2)ccc1B1Oc2ccccc2O1. The van der Waals surface area contributed by atoms with E-state index >= 15 is 0 Å². The number of benzene rings is 2. The monoisotopic (exact) mass is 317 g/mol. The molecule has 0 saturated heterocycles. The molecule has 1 aromatic heterocycles. The van der Waals surface area contributed by atoms with Crippen LogP contribution >= 0.6 is 0 Å². The predicted octanol–water partition coefficient (Wildman–Crippen LogP) is 1.36. The Hall–Kier alpha value is -2.95. The molecule has 2 aliphatic rings. The van der Waals surface area contributed by atoms with Gasteiger partial charge in [-0.25, -0.2) is 0 Å². The molecule has 5 rings (SSSR count). The topological polar surface area (TPSA) is 41.9 Å². The molecule has 2 aliphatic heterocycles. The van der Waals surface area contributed by atoms with Crippen LogP contribution in [0, 0.1) is 0 Å². The van der Waals surface area contributed by atoms with Crippen LogP contribution in [0.5, 0.6) is 23.0 Å². The number of rotatable bonds is 2. The third-order valence-electron chi connectivity index (χ3n) is 4.32. The van der Waals surface area contributed by atoms with E-state index < -0.39 is 14.2 Å². The molecule has 0 bridgehead atoms. The molecule has 116 valence electrons. The standard InChI is InChI=1S/C17H13B2NO4/c1-20-16(18-21-12-6-2-3-7-13(12)22-18)10-11-17(20)19-23-14-8-4-5-9-15(14)24-19/h2-11H,1H3. The first-order valence-electron chi connectivity index (χ1n) is 7.80. The molecular formula is C17H13B2NO4. The molecule has 0 aliphatic carbocycles. The van der Waals surface area contributed by atoms with Crippen LogP contribution in [0.15, 0.2) is 60.7 Å². The van der Waals surface area contributed by atoms with Crippen molar-refractivity contribution in [2.45, 2.75) is 0 Å². The van der Waals surface area contributed by atoms with Gasteiger partial charge in [-0.15, -0.1) is 0 Å². The van der Waals surface area contributed by atoms with Gasteiger partial charge in [-0.3, -0.25) is 0 Å². The van der Waals surface area contributed by atoms with Crippen LogP contribution in [0.1, 0.15) is 0 Å². The van der Waals surface area contributed by atoms with E-state index in [4.69, 9.17) is 18.6 Å². The van der Waals surface area contributed by atoms with Crippen LogP contribution in [0.4, 0.5) is 0 Å². The van der Waals surface area contributed by atoms with Crippen LogP contribution in [0.2, 0.25) is 0 Å². The summed E-state index contributed by atoms with van der Waals surface area (Å²) in [6, 6.07) is 19.3. The maximum absolute atomic E-state index is 5.89. The van der Waals surface area contributed by atoms with E-state index in [9.17, 15) is 0 Å². The summed E-state index contributed by atoms with van der Waals surface area (Å²) in [7, 11) is 1.02. The lowest BCUT2D eigenvalue weighted by atomic mass is 9.84. The van der Waals surface area contributed by atoms with Crippen molar-refractivity contribution in [1.29, 1.82) is 0 Å². The fourth-order valence-electron chi connectivity index (χ4n) is 3.06. The van der Waals surface area contributed by atoms with Crippen molar-refractivity contribution in [2.75, 3.05) is 0 Å². The summed E-state index contributed by atoms with van der Waals surface area (Å²) in [4.78, 5) is 0. The van der Waals surface area contributed by atoms with Crippen molar-refractivity contribution in [3.63, 3.8) is 0 Å². The average Bonchev–Trinajstić information content (AvgIpc) is 3.29. The molecule has 0 radical (unpaired) electrons. The highest BCUT2D eigenvalue weighted by Crippen LogP contribution is 2.33. The molecule has 0 spiro atoms. The minimum Gasteiger partial charge on any atom is -0.518 e. The highest BCUT2D eigenvalue weighted by atomic mass is 16.6. The van der Waals surface area contributed by atoms with Crippen molar-refractivity contribution in [3.8, 4) is 23.0 Å². The lowest BCUT2D eigenvalue weighted by Gasteiger charge is -2.10. The maximum atomic E-state index is 5.89. The third-order valence-corrected chi connectivity index (χ3v) is 4.32. The molecular weight excluding hydrogens is 304 g/mol. The summed E-state index contributed by atoms with van der Waals surface area (Å²) < 4.78 is 25.5. The molecule has 24 heavy (non-hydrogen) atoms. The van der Waals surface area contributed by atoms with Gasteiger partial charge in [0.1, 0.15) is 23.0 Å². The van der Waals surface area contributed by atoms with Gasteiger partial charge in [0.2, 0.25) is 0 Å². The van der Waals surface area contributed by atoms with Crippen molar-refractivity contribution < 1.29 is 18.6 Å². The highest BCUT2D eigenvalue weighted by molar-refractivity contribution is 6.66. The zero-order valence-electron chi connectivity index (χ0n) is 13.0. The van der Waals surface area contributed by atoms with Crippen molar-refractivity contribution in [2.24, 2.45) is 7.05 Å². The van der Waals surface area contributed by atoms with Gasteiger partial charge in [0.15, 0.2) is 0 Å². The summed E-state index contributed by atoms with van der Waals surface area (Å²) in [6.45, 7) is 0. The second kappa shape index (κ2) is 5.03. The summed E-state index contributed by atoms with van der Waals surface area (Å²) in [5.74, 6) is 3.02. The number of aromatic nitrogens is 1. The van der Waals surface area contributed by atoms with Gasteiger partial charge < -0.3 is 23.2 Å². The Morgan fingerprint density at radius 1 is 0.583 bits per heavy atom. The molecule has 7 heteroatoms. The third kappa shape index (κ3) is 1.98. The van der Waals surface area contributed by atoms with E-state index in [1.807, 2.05) is 72.3 Å². The molecule has 2 aromatic carbocycles. The Balaban J connectivity index is 1.42. The molecule has 3 heterocycles. The fraction of sp³-hybridized carbons (Fsp3) is 0.0588.